The Hall–Kier alpha value is -1.21. The van der Waals surface area contributed by atoms with E-state index in [4.69, 9.17) is 0 Å². The third-order valence-corrected chi connectivity index (χ3v) is 12.1. The SMILES string of the molecule is CC1=C(C)[Se]C(=C2C=C(c3ccccc3)SC(c3ccccc3)=C2)[Se]1. The summed E-state index contributed by atoms with van der Waals surface area (Å²) in [6, 6.07) is 21.6. The van der Waals surface area contributed by atoms with Crippen LogP contribution in [-0.2, 0) is 0 Å². The summed E-state index contributed by atoms with van der Waals surface area (Å²) < 4.78 is 4.92. The van der Waals surface area contributed by atoms with E-state index < -0.39 is 0 Å². The van der Waals surface area contributed by atoms with Crippen molar-refractivity contribution in [3.8, 4) is 0 Å². The van der Waals surface area contributed by atoms with Crippen molar-refractivity contribution in [1.82, 2.24) is 0 Å². The van der Waals surface area contributed by atoms with Gasteiger partial charge in [-0.05, 0) is 0 Å². The first-order chi connectivity index (χ1) is 12.2. The van der Waals surface area contributed by atoms with Gasteiger partial charge in [-0.1, -0.05) is 0 Å². The minimum atomic E-state index is 0.526. The van der Waals surface area contributed by atoms with E-state index in [1.807, 2.05) is 11.8 Å². The first kappa shape index (κ1) is 17.2. The van der Waals surface area contributed by atoms with Crippen molar-refractivity contribution in [2.45, 2.75) is 13.8 Å². The Morgan fingerprint density at radius 2 is 1.08 bits per heavy atom. The van der Waals surface area contributed by atoms with Crippen LogP contribution in [0.15, 0.2) is 90.7 Å². The fourth-order valence-electron chi connectivity index (χ4n) is 2.67. The zero-order valence-electron chi connectivity index (χ0n) is 14.2. The van der Waals surface area contributed by atoms with E-state index in [-0.39, 0.29) is 0 Å². The molecule has 2 heterocycles. The molecule has 3 heteroatoms. The van der Waals surface area contributed by atoms with E-state index in [2.05, 4.69) is 86.7 Å². The van der Waals surface area contributed by atoms with Gasteiger partial charge in [-0.2, -0.15) is 0 Å². The maximum atomic E-state index is 2.41. The first-order valence-electron chi connectivity index (χ1n) is 8.20. The van der Waals surface area contributed by atoms with Crippen molar-refractivity contribution in [3.05, 3.63) is 102 Å². The Labute approximate surface area is 166 Å². The van der Waals surface area contributed by atoms with Crippen molar-refractivity contribution >= 4 is 51.5 Å². The van der Waals surface area contributed by atoms with Crippen molar-refractivity contribution in [2.24, 2.45) is 0 Å². The number of benzene rings is 2. The average molecular weight is 472 g/mol. The Bertz CT molecular complexity index is 846. The summed E-state index contributed by atoms with van der Waals surface area (Å²) in [5.74, 6) is 0. The summed E-state index contributed by atoms with van der Waals surface area (Å²) in [6.45, 7) is 4.62. The molecule has 0 bridgehead atoms. The molecule has 0 atom stereocenters. The molecule has 2 aromatic rings. The summed E-state index contributed by atoms with van der Waals surface area (Å²) in [4.78, 5) is 2.72. The Balaban J connectivity index is 1.79. The molecule has 2 aliphatic rings. The Morgan fingerprint density at radius 1 is 0.640 bits per heavy atom. The predicted molar refractivity (Wildman–Crippen MR) is 113 cm³/mol. The molecule has 0 radical (unpaired) electrons. The van der Waals surface area contributed by atoms with Crippen molar-refractivity contribution in [1.29, 1.82) is 0 Å². The summed E-state index contributed by atoms with van der Waals surface area (Å²) >= 11 is 2.94. The van der Waals surface area contributed by atoms with Crippen LogP contribution in [0.4, 0.5) is 0 Å². The van der Waals surface area contributed by atoms with Gasteiger partial charge in [0.05, 0.1) is 0 Å². The first-order valence-corrected chi connectivity index (χ1v) is 12.4. The van der Waals surface area contributed by atoms with Gasteiger partial charge in [0.2, 0.25) is 0 Å². The predicted octanol–water partition coefficient (Wildman–Crippen LogP) is 5.70. The summed E-state index contributed by atoms with van der Waals surface area (Å²) in [5.41, 5.74) is 4.07. The van der Waals surface area contributed by atoms with Gasteiger partial charge in [-0.15, -0.1) is 0 Å². The van der Waals surface area contributed by atoms with Crippen LogP contribution in [0, 0.1) is 0 Å². The molecule has 124 valence electrons. The fourth-order valence-corrected chi connectivity index (χ4v) is 10.7. The van der Waals surface area contributed by atoms with Gasteiger partial charge in [-0.3, -0.25) is 0 Å². The molecule has 25 heavy (non-hydrogen) atoms. The van der Waals surface area contributed by atoms with Crippen LogP contribution in [0.1, 0.15) is 25.0 Å². The molecule has 0 fully saturated rings. The van der Waals surface area contributed by atoms with E-state index in [0.717, 1.165) is 0 Å². The molecule has 0 aromatic heterocycles. The van der Waals surface area contributed by atoms with Crippen LogP contribution >= 0.6 is 11.8 Å². The van der Waals surface area contributed by atoms with Gasteiger partial charge in [0, 0.05) is 0 Å². The van der Waals surface area contributed by atoms with E-state index in [1.165, 1.54) is 26.5 Å². The van der Waals surface area contributed by atoms with Crippen molar-refractivity contribution in [3.63, 3.8) is 0 Å². The molecule has 2 aliphatic heterocycles. The second kappa shape index (κ2) is 7.58. The van der Waals surface area contributed by atoms with Crippen LogP contribution in [0.25, 0.3) is 9.81 Å². The summed E-state index contributed by atoms with van der Waals surface area (Å²) in [6.07, 6.45) is 4.83. The standard InChI is InChI=1S/C22H18SSe2/c1-15-16(2)25-22(24-15)19-13-20(17-9-5-3-6-10-17)23-21(14-19)18-11-7-4-8-12-18/h3-14H,1-2H3. The van der Waals surface area contributed by atoms with Gasteiger partial charge in [0.25, 0.3) is 0 Å². The van der Waals surface area contributed by atoms with Gasteiger partial charge >= 0.3 is 167 Å². The third-order valence-electron chi connectivity index (χ3n) is 4.13. The zero-order valence-corrected chi connectivity index (χ0v) is 18.4. The molecule has 0 nitrogen and oxygen atoms in total. The van der Waals surface area contributed by atoms with Gasteiger partial charge in [-0.25, -0.2) is 0 Å². The molecule has 0 N–H and O–H groups in total. The quantitative estimate of drug-likeness (QED) is 0.506. The van der Waals surface area contributed by atoms with E-state index in [0.29, 0.717) is 29.9 Å². The van der Waals surface area contributed by atoms with Crippen LogP contribution in [-0.4, -0.2) is 29.9 Å². The number of thioether (sulfide) groups is 1. The molecule has 0 aliphatic carbocycles. The number of rotatable bonds is 2. The topological polar surface area (TPSA) is 0 Å². The van der Waals surface area contributed by atoms with E-state index in [9.17, 15) is 0 Å². The Morgan fingerprint density at radius 3 is 1.52 bits per heavy atom. The molecule has 0 unspecified atom stereocenters. The molecule has 4 rings (SSSR count). The molecule has 0 saturated carbocycles. The average Bonchev–Trinajstić information content (AvgIpc) is 3.02. The second-order valence-corrected chi connectivity index (χ2v) is 13.4. The number of hydrogen-bond acceptors (Lipinski definition) is 1. The van der Waals surface area contributed by atoms with Crippen LogP contribution < -0.4 is 0 Å². The molecule has 0 saturated heterocycles. The monoisotopic (exact) mass is 474 g/mol. The normalized spacial score (nSPS) is 17.7. The summed E-state index contributed by atoms with van der Waals surface area (Å²) in [7, 11) is 0. The van der Waals surface area contributed by atoms with Crippen molar-refractivity contribution in [2.75, 3.05) is 0 Å². The van der Waals surface area contributed by atoms with Gasteiger partial charge in [0.15, 0.2) is 0 Å². The van der Waals surface area contributed by atoms with Gasteiger partial charge in [0.1, 0.15) is 0 Å². The number of allylic oxidation sites excluding steroid dienone is 5. The van der Waals surface area contributed by atoms with Crippen LogP contribution in [0.2, 0.25) is 0 Å². The van der Waals surface area contributed by atoms with E-state index in [1.54, 1.807) is 12.3 Å². The Kier molecular flexibility index (Phi) is 5.22. The molecule has 0 spiro atoms. The molecular weight excluding hydrogens is 454 g/mol. The van der Waals surface area contributed by atoms with Crippen LogP contribution in [0.5, 0.6) is 0 Å². The second-order valence-electron chi connectivity index (χ2n) is 5.91. The maximum absolute atomic E-state index is 2.41. The minimum absolute atomic E-state index is 0.526. The fraction of sp³-hybridized carbons (Fsp3) is 0.0909. The van der Waals surface area contributed by atoms with Crippen molar-refractivity contribution < 1.29 is 0 Å². The number of hydrogen-bond donors (Lipinski definition) is 0. The summed E-state index contributed by atoms with van der Waals surface area (Å²) in [5, 5.41) is 0. The van der Waals surface area contributed by atoms with Gasteiger partial charge < -0.3 is 0 Å². The molecular formula is C22H18SSe2. The van der Waals surface area contributed by atoms with E-state index >= 15 is 0 Å². The molecule has 0 amide bonds. The zero-order chi connectivity index (χ0) is 17.2. The molecule has 2 aromatic carbocycles. The third kappa shape index (κ3) is 3.82. The van der Waals surface area contributed by atoms with Crippen LogP contribution in [0.3, 0.4) is 0 Å².